The lowest BCUT2D eigenvalue weighted by Gasteiger charge is -2.31. The summed E-state index contributed by atoms with van der Waals surface area (Å²) in [5.41, 5.74) is 2.45. The van der Waals surface area contributed by atoms with Crippen molar-refractivity contribution in [3.63, 3.8) is 0 Å². The molecule has 1 aromatic carbocycles. The molecule has 3 heterocycles. The number of fused-ring (bicyclic) bond motifs is 1. The van der Waals surface area contributed by atoms with Gasteiger partial charge in [-0.1, -0.05) is 33.8 Å². The Bertz CT molecular complexity index is 1160. The van der Waals surface area contributed by atoms with Gasteiger partial charge in [-0.25, -0.2) is 4.98 Å². The lowest BCUT2D eigenvalue weighted by molar-refractivity contribution is -0.133. The highest BCUT2D eigenvalue weighted by Crippen LogP contribution is 2.28. The summed E-state index contributed by atoms with van der Waals surface area (Å²) in [6.07, 6.45) is 3.46. The second-order valence-corrected chi connectivity index (χ2v) is 12.2. The highest BCUT2D eigenvalue weighted by Gasteiger charge is 2.28. The molecule has 0 radical (unpaired) electrons. The number of nitrogens with one attached hydrogen (secondary N) is 1. The van der Waals surface area contributed by atoms with E-state index in [4.69, 9.17) is 4.98 Å². The van der Waals surface area contributed by atoms with Crippen LogP contribution in [0.15, 0.2) is 35.7 Å². The molecule has 1 fully saturated rings. The monoisotopic (exact) mass is 526 g/mol. The zero-order valence-electron chi connectivity index (χ0n) is 21.8. The van der Waals surface area contributed by atoms with Crippen LogP contribution in [0.3, 0.4) is 0 Å². The van der Waals surface area contributed by atoms with Crippen molar-refractivity contribution in [3.05, 3.63) is 52.0 Å². The SMILES string of the molecule is CCC(CC)n1c(Cc2cccs2)nc2cc(C(=O)NC(CC(C)C)C(=O)N3CCSCC3)ccc21. The Balaban J connectivity index is 1.61. The first-order valence-corrected chi connectivity index (χ1v) is 15.1. The molecule has 1 atom stereocenters. The fourth-order valence-corrected chi connectivity index (χ4v) is 6.59. The highest BCUT2D eigenvalue weighted by molar-refractivity contribution is 7.99. The first-order valence-electron chi connectivity index (χ1n) is 13.1. The third-order valence-electron chi connectivity index (χ3n) is 6.88. The summed E-state index contributed by atoms with van der Waals surface area (Å²) in [7, 11) is 0. The van der Waals surface area contributed by atoms with Crippen molar-refractivity contribution in [1.82, 2.24) is 19.8 Å². The number of imidazole rings is 1. The molecule has 0 bridgehead atoms. The summed E-state index contributed by atoms with van der Waals surface area (Å²) < 4.78 is 2.36. The number of aromatic nitrogens is 2. The lowest BCUT2D eigenvalue weighted by atomic mass is 10.0. The molecule has 1 aliphatic heterocycles. The maximum Gasteiger partial charge on any atom is 0.252 e. The number of hydrogen-bond donors (Lipinski definition) is 1. The maximum absolute atomic E-state index is 13.3. The molecular formula is C28H38N4O2S2. The number of benzene rings is 1. The number of hydrogen-bond acceptors (Lipinski definition) is 5. The third-order valence-corrected chi connectivity index (χ3v) is 8.70. The van der Waals surface area contributed by atoms with Gasteiger partial charge in [-0.05, 0) is 54.8 Å². The van der Waals surface area contributed by atoms with Gasteiger partial charge in [0.2, 0.25) is 5.91 Å². The summed E-state index contributed by atoms with van der Waals surface area (Å²) in [4.78, 5) is 34.8. The average Bonchev–Trinajstić information content (AvgIpc) is 3.52. The van der Waals surface area contributed by atoms with Gasteiger partial charge >= 0.3 is 0 Å². The molecule has 1 unspecified atom stereocenters. The minimum Gasteiger partial charge on any atom is -0.340 e. The molecular weight excluding hydrogens is 488 g/mol. The summed E-state index contributed by atoms with van der Waals surface area (Å²) in [6.45, 7) is 10.1. The van der Waals surface area contributed by atoms with Gasteiger partial charge in [0.05, 0.1) is 11.0 Å². The maximum atomic E-state index is 13.3. The molecule has 1 aliphatic rings. The Labute approximate surface area is 222 Å². The van der Waals surface area contributed by atoms with Crippen LogP contribution < -0.4 is 5.32 Å². The summed E-state index contributed by atoms with van der Waals surface area (Å²) in [5, 5.41) is 5.16. The van der Waals surface area contributed by atoms with E-state index in [0.29, 0.717) is 23.9 Å². The number of nitrogens with zero attached hydrogens (tertiary/aromatic N) is 3. The first kappa shape index (κ1) is 26.7. The predicted molar refractivity (Wildman–Crippen MR) is 151 cm³/mol. The number of carbonyl (C=O) groups excluding carboxylic acids is 2. The molecule has 0 saturated carbocycles. The van der Waals surface area contributed by atoms with E-state index < -0.39 is 6.04 Å². The minimum atomic E-state index is -0.507. The van der Waals surface area contributed by atoms with Crippen molar-refractivity contribution < 1.29 is 9.59 Å². The van der Waals surface area contributed by atoms with E-state index in [1.54, 1.807) is 11.3 Å². The minimum absolute atomic E-state index is 0.0367. The lowest BCUT2D eigenvalue weighted by Crippen LogP contribution is -2.51. The smallest absolute Gasteiger partial charge is 0.252 e. The summed E-state index contributed by atoms with van der Waals surface area (Å²) in [6, 6.07) is 9.86. The topological polar surface area (TPSA) is 67.2 Å². The summed E-state index contributed by atoms with van der Waals surface area (Å²) in [5.74, 6) is 3.08. The van der Waals surface area contributed by atoms with Gasteiger partial charge in [0.1, 0.15) is 11.9 Å². The highest BCUT2D eigenvalue weighted by atomic mass is 32.2. The molecule has 8 heteroatoms. The number of thioether (sulfide) groups is 1. The fraction of sp³-hybridized carbons (Fsp3) is 0.536. The second kappa shape index (κ2) is 12.3. The van der Waals surface area contributed by atoms with E-state index in [2.05, 4.69) is 55.1 Å². The average molecular weight is 527 g/mol. The quantitative estimate of drug-likeness (QED) is 0.364. The van der Waals surface area contributed by atoms with Gasteiger partial charge in [-0.3, -0.25) is 9.59 Å². The van der Waals surface area contributed by atoms with E-state index in [1.807, 2.05) is 34.9 Å². The number of thiophene rings is 1. The van der Waals surface area contributed by atoms with Crippen molar-refractivity contribution in [3.8, 4) is 0 Å². The Hall–Kier alpha value is -2.32. The molecule has 2 amide bonds. The Kier molecular flexibility index (Phi) is 9.12. The standard InChI is InChI=1S/C28H38N4O2S2/c1-5-21(6-2)32-25-10-9-20(17-23(25)29-26(32)18-22-8-7-13-36-22)27(33)30-24(16-19(3)4)28(34)31-11-14-35-15-12-31/h7-10,13,17,19,21,24H,5-6,11-12,14-16,18H2,1-4H3,(H,30,33). The van der Waals surface area contributed by atoms with E-state index >= 15 is 0 Å². The van der Waals surface area contributed by atoms with Crippen molar-refractivity contribution in [2.45, 2.75) is 65.5 Å². The van der Waals surface area contributed by atoms with E-state index in [1.165, 1.54) is 4.88 Å². The zero-order valence-corrected chi connectivity index (χ0v) is 23.5. The molecule has 6 nitrogen and oxygen atoms in total. The number of amides is 2. The molecule has 2 aromatic heterocycles. The van der Waals surface area contributed by atoms with Gasteiger partial charge in [0.15, 0.2) is 0 Å². The summed E-state index contributed by atoms with van der Waals surface area (Å²) >= 11 is 3.62. The fourth-order valence-electron chi connectivity index (χ4n) is 4.98. The van der Waals surface area contributed by atoms with Crippen LogP contribution in [0, 0.1) is 5.92 Å². The van der Waals surface area contributed by atoms with Crippen molar-refractivity contribution in [2.75, 3.05) is 24.6 Å². The molecule has 3 aromatic rings. The van der Waals surface area contributed by atoms with Gasteiger partial charge in [-0.15, -0.1) is 11.3 Å². The molecule has 36 heavy (non-hydrogen) atoms. The van der Waals surface area contributed by atoms with Gasteiger partial charge in [-0.2, -0.15) is 11.8 Å². The van der Waals surface area contributed by atoms with E-state index in [0.717, 1.165) is 60.7 Å². The third kappa shape index (κ3) is 6.14. The van der Waals surface area contributed by atoms with Crippen LogP contribution in [0.25, 0.3) is 11.0 Å². The van der Waals surface area contributed by atoms with Gasteiger partial charge < -0.3 is 14.8 Å². The number of carbonyl (C=O) groups is 2. The van der Waals surface area contributed by atoms with E-state index in [9.17, 15) is 9.59 Å². The van der Waals surface area contributed by atoms with Crippen LogP contribution in [-0.4, -0.2) is 56.9 Å². The van der Waals surface area contributed by atoms with E-state index in [-0.39, 0.29) is 11.8 Å². The molecule has 0 spiro atoms. The largest absolute Gasteiger partial charge is 0.340 e. The predicted octanol–water partition coefficient (Wildman–Crippen LogP) is 5.77. The molecule has 0 aliphatic carbocycles. The van der Waals surface area contributed by atoms with Crippen LogP contribution in [-0.2, 0) is 11.2 Å². The zero-order chi connectivity index (χ0) is 25.7. The van der Waals surface area contributed by atoms with Crippen LogP contribution in [0.1, 0.15) is 74.1 Å². The Morgan fingerprint density at radius 3 is 2.50 bits per heavy atom. The second-order valence-electron chi connectivity index (χ2n) is 9.92. The van der Waals surface area contributed by atoms with Crippen molar-refractivity contribution in [2.24, 2.45) is 5.92 Å². The Morgan fingerprint density at radius 2 is 1.86 bits per heavy atom. The van der Waals surface area contributed by atoms with Crippen molar-refractivity contribution in [1.29, 1.82) is 0 Å². The van der Waals surface area contributed by atoms with Gasteiger partial charge in [0.25, 0.3) is 5.91 Å². The molecule has 1 saturated heterocycles. The van der Waals surface area contributed by atoms with Gasteiger partial charge in [0, 0.05) is 47.5 Å². The number of rotatable bonds is 10. The normalized spacial score (nSPS) is 15.1. The van der Waals surface area contributed by atoms with Crippen LogP contribution >= 0.6 is 23.1 Å². The van der Waals surface area contributed by atoms with Crippen LogP contribution in [0.4, 0.5) is 0 Å². The van der Waals surface area contributed by atoms with Crippen molar-refractivity contribution >= 4 is 45.9 Å². The first-order chi connectivity index (χ1) is 17.4. The Morgan fingerprint density at radius 1 is 1.11 bits per heavy atom. The molecule has 194 valence electrons. The van der Waals surface area contributed by atoms with Crippen LogP contribution in [0.5, 0.6) is 0 Å². The molecule has 1 N–H and O–H groups in total. The van der Waals surface area contributed by atoms with Crippen LogP contribution in [0.2, 0.25) is 0 Å². The molecule has 4 rings (SSSR count).